The quantitative estimate of drug-likeness (QED) is 0.896. The number of rotatable bonds is 4. The number of hydrogen-bond acceptors (Lipinski definition) is 3. The number of nitrogens with zero attached hydrogens (tertiary/aromatic N) is 2. The van der Waals surface area contributed by atoms with Crippen LogP contribution >= 0.6 is 11.6 Å². The maximum atomic E-state index is 6.15. The molecule has 0 atom stereocenters. The van der Waals surface area contributed by atoms with Crippen LogP contribution in [0.1, 0.15) is 24.1 Å². The molecule has 2 rings (SSSR count). The van der Waals surface area contributed by atoms with Crippen molar-refractivity contribution in [2.24, 2.45) is 13.0 Å². The Bertz CT molecular complexity index is 372. The van der Waals surface area contributed by atoms with Crippen molar-refractivity contribution in [1.82, 2.24) is 15.1 Å². The zero-order valence-corrected chi connectivity index (χ0v) is 11.3. The fraction of sp³-hybridized carbons (Fsp3) is 0.750. The lowest BCUT2D eigenvalue weighted by atomic mass is 9.99. The molecule has 1 aliphatic rings. The van der Waals surface area contributed by atoms with E-state index in [2.05, 4.69) is 10.4 Å². The molecule has 1 aliphatic heterocycles. The molecule has 1 saturated heterocycles. The van der Waals surface area contributed by atoms with Crippen LogP contribution in [-0.4, -0.2) is 29.5 Å². The maximum Gasteiger partial charge on any atom is 0.132 e. The highest BCUT2D eigenvalue weighted by molar-refractivity contribution is 6.30. The molecule has 1 fully saturated rings. The Morgan fingerprint density at radius 1 is 1.47 bits per heavy atom. The molecule has 0 aromatic carbocycles. The molecule has 0 unspecified atom stereocenters. The van der Waals surface area contributed by atoms with Crippen molar-refractivity contribution in [3.63, 3.8) is 0 Å². The maximum absolute atomic E-state index is 6.15. The van der Waals surface area contributed by atoms with Gasteiger partial charge >= 0.3 is 0 Å². The van der Waals surface area contributed by atoms with E-state index in [0.29, 0.717) is 17.7 Å². The number of ether oxygens (including phenoxy) is 1. The summed E-state index contributed by atoms with van der Waals surface area (Å²) >= 11 is 6.15. The van der Waals surface area contributed by atoms with Gasteiger partial charge in [0.15, 0.2) is 0 Å². The lowest BCUT2D eigenvalue weighted by Crippen LogP contribution is -2.29. The fourth-order valence-corrected chi connectivity index (χ4v) is 2.44. The Morgan fingerprint density at radius 2 is 2.18 bits per heavy atom. The molecule has 17 heavy (non-hydrogen) atoms. The van der Waals surface area contributed by atoms with E-state index in [1.165, 1.54) is 12.8 Å². The Morgan fingerprint density at radius 3 is 2.76 bits per heavy atom. The average Bonchev–Trinajstić information content (AvgIpc) is 2.57. The van der Waals surface area contributed by atoms with Crippen LogP contribution in [-0.2, 0) is 18.4 Å². The Kier molecular flexibility index (Phi) is 4.42. The largest absolute Gasteiger partial charge is 0.376 e. The first-order valence-electron chi connectivity index (χ1n) is 6.15. The zero-order chi connectivity index (χ0) is 12.3. The minimum atomic E-state index is 0.572. The Labute approximate surface area is 107 Å². The fourth-order valence-electron chi connectivity index (χ4n) is 2.21. The molecule has 2 heterocycles. The second-order valence-corrected chi connectivity index (χ2v) is 5.04. The predicted molar refractivity (Wildman–Crippen MR) is 68.2 cm³/mol. The molecule has 0 bridgehead atoms. The van der Waals surface area contributed by atoms with Crippen molar-refractivity contribution in [1.29, 1.82) is 0 Å². The number of aryl methyl sites for hydroxylation is 2. The lowest BCUT2D eigenvalue weighted by Gasteiger charge is -2.22. The molecule has 1 aromatic heterocycles. The van der Waals surface area contributed by atoms with Gasteiger partial charge in [0.05, 0.1) is 12.3 Å². The van der Waals surface area contributed by atoms with Gasteiger partial charge in [0.25, 0.3) is 0 Å². The van der Waals surface area contributed by atoms with E-state index >= 15 is 0 Å². The van der Waals surface area contributed by atoms with E-state index in [4.69, 9.17) is 16.3 Å². The van der Waals surface area contributed by atoms with Crippen molar-refractivity contribution in [3.8, 4) is 0 Å². The monoisotopic (exact) mass is 257 g/mol. The standard InChI is InChI=1S/C12H20ClN3O/c1-9-11(12(13)16(2)15-9)8-17-7-10-3-5-14-6-4-10/h10,14H,3-8H2,1-2H3. The zero-order valence-electron chi connectivity index (χ0n) is 10.5. The highest BCUT2D eigenvalue weighted by Gasteiger charge is 2.15. The summed E-state index contributed by atoms with van der Waals surface area (Å²) in [5.41, 5.74) is 1.98. The van der Waals surface area contributed by atoms with Crippen molar-refractivity contribution < 1.29 is 4.74 Å². The molecule has 1 aromatic rings. The predicted octanol–water partition coefficient (Wildman–Crippen LogP) is 1.90. The van der Waals surface area contributed by atoms with E-state index in [1.54, 1.807) is 4.68 Å². The highest BCUT2D eigenvalue weighted by Crippen LogP contribution is 2.20. The molecule has 5 heteroatoms. The van der Waals surface area contributed by atoms with Crippen molar-refractivity contribution >= 4 is 11.6 Å². The third-order valence-corrected chi connectivity index (χ3v) is 3.80. The van der Waals surface area contributed by atoms with Gasteiger partial charge in [-0.15, -0.1) is 0 Å². The minimum Gasteiger partial charge on any atom is -0.376 e. The van der Waals surface area contributed by atoms with Crippen molar-refractivity contribution in [2.45, 2.75) is 26.4 Å². The first-order valence-corrected chi connectivity index (χ1v) is 6.52. The van der Waals surface area contributed by atoms with Crippen LogP contribution in [0.2, 0.25) is 5.15 Å². The van der Waals surface area contributed by atoms with Gasteiger partial charge in [-0.3, -0.25) is 4.68 Å². The van der Waals surface area contributed by atoms with Gasteiger partial charge < -0.3 is 10.1 Å². The van der Waals surface area contributed by atoms with Crippen LogP contribution in [0, 0.1) is 12.8 Å². The van der Waals surface area contributed by atoms with Gasteiger partial charge in [-0.2, -0.15) is 5.10 Å². The minimum absolute atomic E-state index is 0.572. The number of aromatic nitrogens is 2. The summed E-state index contributed by atoms with van der Waals surface area (Å²) in [5, 5.41) is 8.31. The van der Waals surface area contributed by atoms with Crippen LogP contribution in [0.4, 0.5) is 0 Å². The van der Waals surface area contributed by atoms with Gasteiger partial charge in [0.2, 0.25) is 0 Å². The van der Waals surface area contributed by atoms with Crippen LogP contribution < -0.4 is 5.32 Å². The molecule has 0 amide bonds. The van der Waals surface area contributed by atoms with Crippen LogP contribution in [0.15, 0.2) is 0 Å². The van der Waals surface area contributed by atoms with Gasteiger partial charge in [-0.05, 0) is 38.8 Å². The highest BCUT2D eigenvalue weighted by atomic mass is 35.5. The number of nitrogens with one attached hydrogen (secondary N) is 1. The van der Waals surface area contributed by atoms with Gasteiger partial charge in [0, 0.05) is 19.2 Å². The van der Waals surface area contributed by atoms with E-state index in [-0.39, 0.29) is 0 Å². The van der Waals surface area contributed by atoms with E-state index in [9.17, 15) is 0 Å². The normalized spacial score (nSPS) is 17.6. The molecule has 0 radical (unpaired) electrons. The average molecular weight is 258 g/mol. The molecule has 0 saturated carbocycles. The Balaban J connectivity index is 1.81. The van der Waals surface area contributed by atoms with Gasteiger partial charge in [0.1, 0.15) is 5.15 Å². The van der Waals surface area contributed by atoms with E-state index in [1.807, 2.05) is 14.0 Å². The molecule has 1 N–H and O–H groups in total. The van der Waals surface area contributed by atoms with Crippen molar-refractivity contribution in [3.05, 3.63) is 16.4 Å². The second kappa shape index (κ2) is 5.85. The van der Waals surface area contributed by atoms with Crippen molar-refractivity contribution in [2.75, 3.05) is 19.7 Å². The summed E-state index contributed by atoms with van der Waals surface area (Å²) in [6.45, 7) is 5.59. The summed E-state index contributed by atoms with van der Waals surface area (Å²) in [7, 11) is 1.85. The summed E-state index contributed by atoms with van der Waals surface area (Å²) in [4.78, 5) is 0. The van der Waals surface area contributed by atoms with Crippen LogP contribution in [0.25, 0.3) is 0 Å². The number of halogens is 1. The molecule has 0 aliphatic carbocycles. The van der Waals surface area contributed by atoms with Crippen LogP contribution in [0.5, 0.6) is 0 Å². The Hall–Kier alpha value is -0.580. The number of hydrogen-bond donors (Lipinski definition) is 1. The summed E-state index contributed by atoms with van der Waals surface area (Å²) in [6.07, 6.45) is 2.42. The van der Waals surface area contributed by atoms with E-state index in [0.717, 1.165) is 31.0 Å². The molecular formula is C12H20ClN3O. The topological polar surface area (TPSA) is 39.1 Å². The lowest BCUT2D eigenvalue weighted by molar-refractivity contribution is 0.0761. The molecule has 96 valence electrons. The second-order valence-electron chi connectivity index (χ2n) is 4.69. The first-order chi connectivity index (χ1) is 8.18. The SMILES string of the molecule is Cc1nn(C)c(Cl)c1COCC1CCNCC1. The van der Waals surface area contributed by atoms with E-state index < -0.39 is 0 Å². The van der Waals surface area contributed by atoms with Crippen LogP contribution in [0.3, 0.4) is 0 Å². The summed E-state index contributed by atoms with van der Waals surface area (Å²) in [5.74, 6) is 0.687. The third kappa shape index (κ3) is 3.21. The van der Waals surface area contributed by atoms with Gasteiger partial charge in [-0.1, -0.05) is 11.6 Å². The first kappa shape index (κ1) is 12.9. The third-order valence-electron chi connectivity index (χ3n) is 3.33. The smallest absolute Gasteiger partial charge is 0.132 e. The molecule has 4 nitrogen and oxygen atoms in total. The summed E-state index contributed by atoms with van der Waals surface area (Å²) < 4.78 is 7.46. The number of piperidine rings is 1. The summed E-state index contributed by atoms with van der Waals surface area (Å²) in [6, 6.07) is 0. The molecule has 0 spiro atoms. The molecular weight excluding hydrogens is 238 g/mol. The van der Waals surface area contributed by atoms with Gasteiger partial charge in [-0.25, -0.2) is 0 Å².